The number of H-pyrrole nitrogens is 1. The zero-order valence-corrected chi connectivity index (χ0v) is 13.3. The Morgan fingerprint density at radius 1 is 1.08 bits per heavy atom. The molecule has 0 aliphatic rings. The van der Waals surface area contributed by atoms with E-state index < -0.39 is 5.97 Å². The van der Waals surface area contributed by atoms with Crippen LogP contribution in [-0.2, 0) is 5.75 Å². The minimum Gasteiger partial charge on any atom is -0.478 e. The van der Waals surface area contributed by atoms with Crippen molar-refractivity contribution in [2.45, 2.75) is 10.9 Å². The number of aromatic nitrogens is 3. The van der Waals surface area contributed by atoms with Crippen LogP contribution in [0.25, 0.3) is 11.3 Å². The van der Waals surface area contributed by atoms with Crippen LogP contribution in [0.15, 0.2) is 64.5 Å². The maximum atomic E-state index is 12.1. The van der Waals surface area contributed by atoms with Crippen molar-refractivity contribution in [3.63, 3.8) is 0 Å². The molecule has 0 saturated heterocycles. The highest BCUT2D eigenvalue weighted by atomic mass is 32.2. The lowest BCUT2D eigenvalue weighted by atomic mass is 10.1. The Morgan fingerprint density at radius 2 is 1.88 bits per heavy atom. The van der Waals surface area contributed by atoms with Gasteiger partial charge in [-0.25, -0.2) is 4.79 Å². The van der Waals surface area contributed by atoms with Crippen LogP contribution in [-0.4, -0.2) is 26.3 Å². The molecule has 0 amide bonds. The van der Waals surface area contributed by atoms with Crippen LogP contribution in [0.1, 0.15) is 15.9 Å². The molecule has 0 atom stereocenters. The molecule has 2 N–H and O–H groups in total. The summed E-state index contributed by atoms with van der Waals surface area (Å²) in [6.45, 7) is 0. The molecule has 0 fully saturated rings. The second kappa shape index (κ2) is 7.10. The van der Waals surface area contributed by atoms with Crippen LogP contribution in [0, 0.1) is 0 Å². The number of carboxylic acid groups (broad SMARTS) is 1. The van der Waals surface area contributed by atoms with Crippen molar-refractivity contribution >= 4 is 17.7 Å². The summed E-state index contributed by atoms with van der Waals surface area (Å²) >= 11 is 1.29. The molecule has 0 saturated carbocycles. The summed E-state index contributed by atoms with van der Waals surface area (Å²) < 4.78 is 0. The standard InChI is InChI=1S/C17H13N3O3S/c21-15-14(12-6-2-1-3-7-12)19-20-17(18-15)24-10-11-5-4-8-13(9-11)16(22)23/h1-9H,10H2,(H,22,23)(H,18,20,21). The normalized spacial score (nSPS) is 10.5. The average molecular weight is 339 g/mol. The summed E-state index contributed by atoms with van der Waals surface area (Å²) in [5, 5.41) is 17.4. The Bertz CT molecular complexity index is 926. The van der Waals surface area contributed by atoms with Gasteiger partial charge in [0.2, 0.25) is 0 Å². The lowest BCUT2D eigenvalue weighted by Crippen LogP contribution is -2.14. The van der Waals surface area contributed by atoms with Crippen molar-refractivity contribution < 1.29 is 9.90 Å². The third-order valence-corrected chi connectivity index (χ3v) is 4.21. The number of nitrogens with zero attached hydrogens (tertiary/aromatic N) is 2. The Kier molecular flexibility index (Phi) is 4.72. The zero-order chi connectivity index (χ0) is 16.9. The first-order valence-corrected chi connectivity index (χ1v) is 8.09. The topological polar surface area (TPSA) is 95.9 Å². The van der Waals surface area contributed by atoms with Gasteiger partial charge >= 0.3 is 5.97 Å². The molecular weight excluding hydrogens is 326 g/mol. The van der Waals surface area contributed by atoms with Crippen LogP contribution in [0.4, 0.5) is 0 Å². The van der Waals surface area contributed by atoms with Crippen LogP contribution in [0.5, 0.6) is 0 Å². The molecule has 0 spiro atoms. The molecule has 3 rings (SSSR count). The zero-order valence-electron chi connectivity index (χ0n) is 12.5. The van der Waals surface area contributed by atoms with Gasteiger partial charge in [0.05, 0.1) is 5.56 Å². The van der Waals surface area contributed by atoms with Gasteiger partial charge in [0, 0.05) is 11.3 Å². The number of carbonyl (C=O) groups is 1. The summed E-state index contributed by atoms with van der Waals surface area (Å²) in [4.78, 5) is 25.8. The van der Waals surface area contributed by atoms with Gasteiger partial charge < -0.3 is 5.11 Å². The highest BCUT2D eigenvalue weighted by Crippen LogP contribution is 2.19. The smallest absolute Gasteiger partial charge is 0.335 e. The van der Waals surface area contributed by atoms with Crippen molar-refractivity contribution in [1.82, 2.24) is 15.2 Å². The predicted molar refractivity (Wildman–Crippen MR) is 91.1 cm³/mol. The van der Waals surface area contributed by atoms with E-state index in [0.717, 1.165) is 5.56 Å². The van der Waals surface area contributed by atoms with E-state index in [1.165, 1.54) is 17.8 Å². The number of carboxylic acids is 1. The van der Waals surface area contributed by atoms with E-state index >= 15 is 0 Å². The fourth-order valence-corrected chi connectivity index (χ4v) is 2.86. The second-order valence-corrected chi connectivity index (χ2v) is 5.93. The molecule has 0 unspecified atom stereocenters. The first-order valence-electron chi connectivity index (χ1n) is 7.11. The van der Waals surface area contributed by atoms with E-state index in [9.17, 15) is 9.59 Å². The largest absolute Gasteiger partial charge is 0.478 e. The fraction of sp³-hybridized carbons (Fsp3) is 0.0588. The average Bonchev–Trinajstić information content (AvgIpc) is 2.61. The maximum absolute atomic E-state index is 12.1. The maximum Gasteiger partial charge on any atom is 0.335 e. The molecule has 0 aliphatic carbocycles. The molecule has 1 aromatic heterocycles. The Morgan fingerprint density at radius 3 is 2.58 bits per heavy atom. The van der Waals surface area contributed by atoms with Crippen molar-refractivity contribution in [2.24, 2.45) is 0 Å². The third-order valence-electron chi connectivity index (χ3n) is 3.27. The van der Waals surface area contributed by atoms with Crippen LogP contribution in [0.2, 0.25) is 0 Å². The lowest BCUT2D eigenvalue weighted by Gasteiger charge is -2.03. The Labute approximate surface area is 141 Å². The number of aromatic amines is 1. The summed E-state index contributed by atoms with van der Waals surface area (Å²) in [5.74, 6) is -0.488. The molecule has 0 radical (unpaired) electrons. The van der Waals surface area contributed by atoms with Gasteiger partial charge in [0.25, 0.3) is 5.56 Å². The highest BCUT2D eigenvalue weighted by Gasteiger charge is 2.08. The van der Waals surface area contributed by atoms with Crippen molar-refractivity contribution in [3.05, 3.63) is 76.1 Å². The monoisotopic (exact) mass is 339 g/mol. The minimum absolute atomic E-state index is 0.229. The predicted octanol–water partition coefficient (Wildman–Crippen LogP) is 2.82. The molecular formula is C17H13N3O3S. The molecule has 2 aromatic carbocycles. The van der Waals surface area contributed by atoms with Gasteiger partial charge in [-0.1, -0.05) is 54.2 Å². The van der Waals surface area contributed by atoms with Crippen LogP contribution in [0.3, 0.4) is 0 Å². The lowest BCUT2D eigenvalue weighted by molar-refractivity contribution is 0.0697. The summed E-state index contributed by atoms with van der Waals surface area (Å²) in [5.41, 5.74) is 1.73. The van der Waals surface area contributed by atoms with Crippen molar-refractivity contribution in [1.29, 1.82) is 0 Å². The van der Waals surface area contributed by atoms with E-state index in [1.54, 1.807) is 24.3 Å². The molecule has 120 valence electrons. The molecule has 3 aromatic rings. The molecule has 0 aliphatic heterocycles. The molecule has 6 nitrogen and oxygen atoms in total. The number of hydrogen-bond donors (Lipinski definition) is 2. The number of aromatic carboxylic acids is 1. The fourth-order valence-electron chi connectivity index (χ4n) is 2.12. The van der Waals surface area contributed by atoms with Crippen LogP contribution >= 0.6 is 11.8 Å². The summed E-state index contributed by atoms with van der Waals surface area (Å²) in [6, 6.07) is 15.7. The van der Waals surface area contributed by atoms with Gasteiger partial charge in [-0.3, -0.25) is 9.78 Å². The number of rotatable bonds is 5. The number of thioether (sulfide) groups is 1. The number of benzene rings is 2. The van der Waals surface area contributed by atoms with Crippen LogP contribution < -0.4 is 5.56 Å². The first-order chi connectivity index (χ1) is 11.6. The highest BCUT2D eigenvalue weighted by molar-refractivity contribution is 7.98. The van der Waals surface area contributed by atoms with Crippen molar-refractivity contribution in [2.75, 3.05) is 0 Å². The Hall–Kier alpha value is -2.93. The SMILES string of the molecule is O=C(O)c1cccc(CSc2nnc(-c3ccccc3)c(=O)[nH]2)c1. The van der Waals surface area contributed by atoms with Gasteiger partial charge in [0.1, 0.15) is 0 Å². The minimum atomic E-state index is -0.970. The van der Waals surface area contributed by atoms with E-state index in [4.69, 9.17) is 5.11 Å². The van der Waals surface area contributed by atoms with E-state index in [2.05, 4.69) is 15.2 Å². The number of nitrogens with one attached hydrogen (secondary N) is 1. The Balaban J connectivity index is 1.75. The third kappa shape index (κ3) is 3.69. The van der Waals surface area contributed by atoms with Gasteiger partial charge in [0.15, 0.2) is 10.9 Å². The van der Waals surface area contributed by atoms with E-state index in [0.29, 0.717) is 16.5 Å². The first kappa shape index (κ1) is 15.9. The van der Waals surface area contributed by atoms with Gasteiger partial charge in [-0.05, 0) is 17.7 Å². The summed E-state index contributed by atoms with van der Waals surface area (Å²) in [7, 11) is 0. The molecule has 1 heterocycles. The number of hydrogen-bond acceptors (Lipinski definition) is 5. The molecule has 0 bridgehead atoms. The molecule has 24 heavy (non-hydrogen) atoms. The van der Waals surface area contributed by atoms with Gasteiger partial charge in [-0.2, -0.15) is 0 Å². The van der Waals surface area contributed by atoms with Crippen molar-refractivity contribution in [3.8, 4) is 11.3 Å². The van der Waals surface area contributed by atoms with E-state index in [1.807, 2.05) is 24.3 Å². The second-order valence-electron chi connectivity index (χ2n) is 4.97. The summed E-state index contributed by atoms with van der Waals surface area (Å²) in [6.07, 6.45) is 0. The van der Waals surface area contributed by atoms with Gasteiger partial charge in [-0.15, -0.1) is 10.2 Å². The quantitative estimate of drug-likeness (QED) is 0.694. The van der Waals surface area contributed by atoms with E-state index in [-0.39, 0.29) is 16.8 Å². The molecule has 7 heteroatoms.